The van der Waals surface area contributed by atoms with E-state index in [0.717, 1.165) is 6.26 Å². The van der Waals surface area contributed by atoms with E-state index in [1.807, 2.05) is 0 Å². The van der Waals surface area contributed by atoms with Crippen molar-refractivity contribution in [1.29, 1.82) is 0 Å². The zero-order valence-corrected chi connectivity index (χ0v) is 11.3. The van der Waals surface area contributed by atoms with Crippen LogP contribution in [0.15, 0.2) is 18.3 Å². The Morgan fingerprint density at radius 3 is 2.61 bits per heavy atom. The molecule has 0 aliphatic heterocycles. The van der Waals surface area contributed by atoms with E-state index in [2.05, 4.69) is 10.3 Å². The molecule has 0 fully saturated rings. The maximum atomic E-state index is 11.7. The second kappa shape index (κ2) is 4.93. The molecule has 100 valence electrons. The third-order valence-corrected chi connectivity index (χ3v) is 4.83. The molecule has 1 heterocycles. The Bertz CT molecular complexity index is 552. The fourth-order valence-corrected chi connectivity index (χ4v) is 1.41. The second-order valence-corrected chi connectivity index (χ2v) is 7.24. The Hall–Kier alpha value is -1.63. The van der Waals surface area contributed by atoms with Gasteiger partial charge in [-0.2, -0.15) is 0 Å². The van der Waals surface area contributed by atoms with Crippen LogP contribution in [0.4, 0.5) is 0 Å². The molecule has 0 radical (unpaired) electrons. The van der Waals surface area contributed by atoms with Gasteiger partial charge in [0.1, 0.15) is 5.75 Å². The molecule has 0 saturated heterocycles. The molecule has 1 rings (SSSR count). The number of carbonyl (C=O) groups excluding carboxylic acids is 1. The Kier molecular flexibility index (Phi) is 3.95. The summed E-state index contributed by atoms with van der Waals surface area (Å²) in [5.41, 5.74) is -0.123. The van der Waals surface area contributed by atoms with Crippen molar-refractivity contribution >= 4 is 15.7 Å². The summed E-state index contributed by atoms with van der Waals surface area (Å²) < 4.78 is 21.8. The quantitative estimate of drug-likeness (QED) is 0.824. The highest BCUT2D eigenvalue weighted by atomic mass is 32.2. The number of pyridine rings is 1. The van der Waals surface area contributed by atoms with Crippen molar-refractivity contribution in [3.05, 3.63) is 24.0 Å². The van der Waals surface area contributed by atoms with E-state index in [9.17, 15) is 18.3 Å². The molecule has 1 amide bonds. The number of aromatic nitrogens is 1. The first-order valence-corrected chi connectivity index (χ1v) is 7.16. The Labute approximate surface area is 106 Å². The number of hydrogen-bond donors (Lipinski definition) is 2. The number of nitrogens with one attached hydrogen (secondary N) is 1. The van der Waals surface area contributed by atoms with E-state index in [-0.39, 0.29) is 18.0 Å². The number of carbonyl (C=O) groups is 1. The molecule has 0 saturated carbocycles. The van der Waals surface area contributed by atoms with Crippen LogP contribution >= 0.6 is 0 Å². The lowest BCUT2D eigenvalue weighted by molar-refractivity contribution is 0.0942. The lowest BCUT2D eigenvalue weighted by Crippen LogP contribution is -2.43. The molecule has 2 N–H and O–H groups in total. The first-order valence-electron chi connectivity index (χ1n) is 5.27. The molecule has 6 nitrogen and oxygen atoms in total. The lowest BCUT2D eigenvalue weighted by atomic mass is 10.2. The Balaban J connectivity index is 2.77. The zero-order valence-electron chi connectivity index (χ0n) is 10.5. The van der Waals surface area contributed by atoms with Crippen LogP contribution in [0, 0.1) is 0 Å². The number of aromatic hydroxyl groups is 1. The third-order valence-electron chi connectivity index (χ3n) is 2.68. The van der Waals surface area contributed by atoms with Gasteiger partial charge in [0.05, 0.1) is 4.75 Å². The molecule has 18 heavy (non-hydrogen) atoms. The fourth-order valence-electron chi connectivity index (χ4n) is 1.08. The molecular weight excluding hydrogens is 256 g/mol. The highest BCUT2D eigenvalue weighted by Crippen LogP contribution is 2.15. The highest BCUT2D eigenvalue weighted by Gasteiger charge is 2.31. The average Bonchev–Trinajstić information content (AvgIpc) is 2.25. The van der Waals surface area contributed by atoms with E-state index in [4.69, 9.17) is 0 Å². The smallest absolute Gasteiger partial charge is 0.273 e. The van der Waals surface area contributed by atoms with Crippen LogP contribution in [0.1, 0.15) is 24.3 Å². The van der Waals surface area contributed by atoms with E-state index < -0.39 is 20.5 Å². The van der Waals surface area contributed by atoms with Gasteiger partial charge in [0.15, 0.2) is 15.5 Å². The van der Waals surface area contributed by atoms with Crippen molar-refractivity contribution in [3.63, 3.8) is 0 Å². The summed E-state index contributed by atoms with van der Waals surface area (Å²) in [6, 6.07) is 2.83. The van der Waals surface area contributed by atoms with Crippen molar-refractivity contribution in [3.8, 4) is 5.75 Å². The van der Waals surface area contributed by atoms with Crippen LogP contribution in [-0.4, -0.2) is 42.0 Å². The minimum absolute atomic E-state index is 0.0549. The summed E-state index contributed by atoms with van der Waals surface area (Å²) in [7, 11) is -3.29. The summed E-state index contributed by atoms with van der Waals surface area (Å²) in [4.78, 5) is 15.4. The molecular formula is C11H16N2O4S. The molecule has 1 aromatic heterocycles. The van der Waals surface area contributed by atoms with Crippen LogP contribution in [0.3, 0.4) is 0 Å². The third kappa shape index (κ3) is 3.19. The van der Waals surface area contributed by atoms with Gasteiger partial charge < -0.3 is 10.4 Å². The lowest BCUT2D eigenvalue weighted by Gasteiger charge is -2.22. The minimum atomic E-state index is -3.29. The minimum Gasteiger partial charge on any atom is -0.505 e. The molecule has 0 atom stereocenters. The molecule has 7 heteroatoms. The predicted molar refractivity (Wildman–Crippen MR) is 67.2 cm³/mol. The van der Waals surface area contributed by atoms with E-state index in [1.165, 1.54) is 32.2 Å². The van der Waals surface area contributed by atoms with Gasteiger partial charge in [0, 0.05) is 19.0 Å². The van der Waals surface area contributed by atoms with Crippen molar-refractivity contribution in [2.24, 2.45) is 0 Å². The maximum Gasteiger partial charge on any atom is 0.273 e. The number of rotatable bonds is 4. The largest absolute Gasteiger partial charge is 0.505 e. The Morgan fingerprint density at radius 2 is 2.11 bits per heavy atom. The van der Waals surface area contributed by atoms with Gasteiger partial charge in [-0.15, -0.1) is 0 Å². The standard InChI is InChI=1S/C11H16N2O4S/c1-11(2,18(3,16)17)7-13-10(15)9-8(14)5-4-6-12-9/h4-6,14H,7H2,1-3H3,(H,13,15). The van der Waals surface area contributed by atoms with Gasteiger partial charge in [-0.1, -0.05) is 0 Å². The monoisotopic (exact) mass is 272 g/mol. The molecule has 0 aliphatic carbocycles. The number of hydrogen-bond acceptors (Lipinski definition) is 5. The van der Waals surface area contributed by atoms with Gasteiger partial charge >= 0.3 is 0 Å². The second-order valence-electron chi connectivity index (χ2n) is 4.59. The van der Waals surface area contributed by atoms with Crippen LogP contribution in [0.25, 0.3) is 0 Å². The molecule has 0 unspecified atom stereocenters. The summed E-state index contributed by atoms with van der Waals surface area (Å²) >= 11 is 0. The summed E-state index contributed by atoms with van der Waals surface area (Å²) in [5, 5.41) is 11.9. The van der Waals surface area contributed by atoms with Crippen molar-refractivity contribution in [2.45, 2.75) is 18.6 Å². The van der Waals surface area contributed by atoms with E-state index in [0.29, 0.717) is 0 Å². The van der Waals surface area contributed by atoms with Crippen molar-refractivity contribution < 1.29 is 18.3 Å². The molecule has 0 aromatic carbocycles. The molecule has 0 aliphatic rings. The van der Waals surface area contributed by atoms with Crippen molar-refractivity contribution in [2.75, 3.05) is 12.8 Å². The highest BCUT2D eigenvalue weighted by molar-refractivity contribution is 7.92. The van der Waals surface area contributed by atoms with Crippen LogP contribution < -0.4 is 5.32 Å². The first-order chi connectivity index (χ1) is 8.15. The van der Waals surface area contributed by atoms with Crippen LogP contribution in [-0.2, 0) is 9.84 Å². The fraction of sp³-hybridized carbons (Fsp3) is 0.455. The number of amides is 1. The normalized spacial score (nSPS) is 12.2. The number of sulfone groups is 1. The molecule has 0 bridgehead atoms. The average molecular weight is 272 g/mol. The zero-order chi connectivity index (χ0) is 14.0. The van der Waals surface area contributed by atoms with Gasteiger partial charge in [-0.3, -0.25) is 4.79 Å². The predicted octanol–water partition coefficient (Wildman–Crippen LogP) is 0.340. The van der Waals surface area contributed by atoms with Gasteiger partial charge in [-0.25, -0.2) is 13.4 Å². The first kappa shape index (κ1) is 14.4. The summed E-state index contributed by atoms with van der Waals surface area (Å²) in [6.07, 6.45) is 2.48. The van der Waals surface area contributed by atoms with E-state index in [1.54, 1.807) is 0 Å². The SMILES string of the molecule is CC(C)(CNC(=O)c1ncccc1O)S(C)(=O)=O. The Morgan fingerprint density at radius 1 is 1.50 bits per heavy atom. The van der Waals surface area contributed by atoms with Gasteiger partial charge in [0.25, 0.3) is 5.91 Å². The van der Waals surface area contributed by atoms with Crippen LogP contribution in [0.2, 0.25) is 0 Å². The van der Waals surface area contributed by atoms with Gasteiger partial charge in [0.2, 0.25) is 0 Å². The maximum absolute atomic E-state index is 11.7. The number of nitrogens with zero attached hydrogens (tertiary/aromatic N) is 1. The molecule has 1 aromatic rings. The molecule has 0 spiro atoms. The van der Waals surface area contributed by atoms with Crippen LogP contribution in [0.5, 0.6) is 5.75 Å². The summed E-state index contributed by atoms with van der Waals surface area (Å²) in [6.45, 7) is 2.97. The van der Waals surface area contributed by atoms with Crippen molar-refractivity contribution in [1.82, 2.24) is 10.3 Å². The summed E-state index contributed by atoms with van der Waals surface area (Å²) in [5.74, 6) is -0.850. The topological polar surface area (TPSA) is 96.4 Å². The van der Waals surface area contributed by atoms with E-state index >= 15 is 0 Å². The van der Waals surface area contributed by atoms with Gasteiger partial charge in [-0.05, 0) is 26.0 Å².